The lowest BCUT2D eigenvalue weighted by Gasteiger charge is -2.21. The van der Waals surface area contributed by atoms with Crippen molar-refractivity contribution in [3.63, 3.8) is 0 Å². The van der Waals surface area contributed by atoms with Crippen LogP contribution >= 0.6 is 0 Å². The lowest BCUT2D eigenvalue weighted by molar-refractivity contribution is 0.692. The first-order valence-corrected chi connectivity index (χ1v) is 9.94. The summed E-state index contributed by atoms with van der Waals surface area (Å²) < 4.78 is 0. The van der Waals surface area contributed by atoms with Crippen molar-refractivity contribution in [1.82, 2.24) is 5.32 Å². The molecule has 0 radical (unpaired) electrons. The van der Waals surface area contributed by atoms with Crippen LogP contribution in [0.3, 0.4) is 0 Å². The number of nitrogens with one attached hydrogen (secondary N) is 2. The highest BCUT2D eigenvalue weighted by molar-refractivity contribution is 5.94. The minimum Gasteiger partial charge on any atom is -0.383 e. The van der Waals surface area contributed by atoms with Crippen LogP contribution in [0.5, 0.6) is 0 Å². The highest BCUT2D eigenvalue weighted by Crippen LogP contribution is 2.25. The lowest BCUT2D eigenvalue weighted by atomic mass is 10.1. The molecule has 142 valence electrons. The Labute approximate surface area is 167 Å². The van der Waals surface area contributed by atoms with Gasteiger partial charge in [0.15, 0.2) is 0 Å². The Balaban J connectivity index is 1.26. The average molecular weight is 370 g/mol. The molecule has 2 N–H and O–H groups in total. The van der Waals surface area contributed by atoms with Crippen LogP contribution in [0, 0.1) is 0 Å². The van der Waals surface area contributed by atoms with Crippen LogP contribution in [-0.2, 0) is 0 Å². The largest absolute Gasteiger partial charge is 0.383 e. The quantitative estimate of drug-likeness (QED) is 0.422. The molecule has 0 aliphatic carbocycles. The van der Waals surface area contributed by atoms with E-state index in [9.17, 15) is 0 Å². The first-order chi connectivity index (χ1) is 13.8. The molecule has 0 heterocycles. The Hall–Kier alpha value is -3.04. The zero-order valence-corrected chi connectivity index (χ0v) is 16.4. The summed E-state index contributed by atoms with van der Waals surface area (Å²) in [5.41, 5.74) is 2.49. The van der Waals surface area contributed by atoms with Gasteiger partial charge in [0.2, 0.25) is 0 Å². The Morgan fingerprint density at radius 1 is 0.643 bits per heavy atom. The zero-order valence-electron chi connectivity index (χ0n) is 16.4. The Morgan fingerprint density at radius 3 is 2.11 bits per heavy atom. The van der Waals surface area contributed by atoms with E-state index in [0.29, 0.717) is 0 Å². The SMILES string of the molecule is CN(CCNCCNc1cccc2ccccc12)c1cccc2ccccc12. The smallest absolute Gasteiger partial charge is 0.0443 e. The maximum atomic E-state index is 3.56. The third kappa shape index (κ3) is 4.10. The summed E-state index contributed by atoms with van der Waals surface area (Å²) in [6.45, 7) is 3.78. The van der Waals surface area contributed by atoms with Crippen molar-refractivity contribution < 1.29 is 0 Å². The first kappa shape index (κ1) is 18.3. The topological polar surface area (TPSA) is 27.3 Å². The molecule has 0 fully saturated rings. The van der Waals surface area contributed by atoms with E-state index in [4.69, 9.17) is 0 Å². The predicted molar refractivity (Wildman–Crippen MR) is 123 cm³/mol. The molecule has 0 unspecified atom stereocenters. The molecule has 0 atom stereocenters. The van der Waals surface area contributed by atoms with Crippen molar-refractivity contribution in [2.75, 3.05) is 43.4 Å². The molecule has 4 rings (SSSR count). The summed E-state index contributed by atoms with van der Waals surface area (Å²) in [7, 11) is 2.16. The zero-order chi connectivity index (χ0) is 19.2. The van der Waals surface area contributed by atoms with Crippen LogP contribution in [0.2, 0.25) is 0 Å². The predicted octanol–water partition coefficient (Wildman–Crippen LogP) is 5.13. The average Bonchev–Trinajstić information content (AvgIpc) is 2.75. The standard InChI is InChI=1S/C25H27N3/c1-28(25-15-7-11-21-9-3-5-13-23(21)25)19-18-26-16-17-27-24-14-6-10-20-8-2-4-12-22(20)24/h2-15,26-27H,16-19H2,1H3. The fraction of sp³-hybridized carbons (Fsp3) is 0.200. The summed E-state index contributed by atoms with van der Waals surface area (Å²) in [5.74, 6) is 0. The summed E-state index contributed by atoms with van der Waals surface area (Å²) in [6, 6.07) is 30.0. The molecular formula is C25H27N3. The van der Waals surface area contributed by atoms with Crippen molar-refractivity contribution in [1.29, 1.82) is 0 Å². The molecule has 0 bridgehead atoms. The van der Waals surface area contributed by atoms with E-state index in [1.807, 2.05) is 0 Å². The van der Waals surface area contributed by atoms with Gasteiger partial charge < -0.3 is 15.5 Å². The normalized spacial score (nSPS) is 11.0. The summed E-state index contributed by atoms with van der Waals surface area (Å²) in [5, 5.41) is 12.3. The maximum absolute atomic E-state index is 3.56. The van der Waals surface area contributed by atoms with Crippen molar-refractivity contribution in [2.45, 2.75) is 0 Å². The van der Waals surface area contributed by atoms with Crippen molar-refractivity contribution in [2.24, 2.45) is 0 Å². The highest BCUT2D eigenvalue weighted by Gasteiger charge is 2.05. The second-order valence-corrected chi connectivity index (χ2v) is 7.12. The second-order valence-electron chi connectivity index (χ2n) is 7.12. The number of benzene rings is 4. The van der Waals surface area contributed by atoms with Gasteiger partial charge in [-0.2, -0.15) is 0 Å². The number of fused-ring (bicyclic) bond motifs is 2. The van der Waals surface area contributed by atoms with Gasteiger partial charge in [0.25, 0.3) is 0 Å². The molecular weight excluding hydrogens is 342 g/mol. The molecule has 0 saturated carbocycles. The van der Waals surface area contributed by atoms with Gasteiger partial charge in [0.1, 0.15) is 0 Å². The minimum absolute atomic E-state index is 0.909. The molecule has 0 spiro atoms. The number of hydrogen-bond acceptors (Lipinski definition) is 3. The van der Waals surface area contributed by atoms with E-state index < -0.39 is 0 Å². The Bertz CT molecular complexity index is 1050. The van der Waals surface area contributed by atoms with E-state index in [-0.39, 0.29) is 0 Å². The summed E-state index contributed by atoms with van der Waals surface area (Å²) in [6.07, 6.45) is 0. The molecule has 4 aromatic rings. The molecule has 4 aromatic carbocycles. The number of hydrogen-bond donors (Lipinski definition) is 2. The van der Waals surface area contributed by atoms with Crippen LogP contribution < -0.4 is 15.5 Å². The van der Waals surface area contributed by atoms with Crippen LogP contribution in [-0.4, -0.2) is 33.2 Å². The third-order valence-corrected chi connectivity index (χ3v) is 5.21. The van der Waals surface area contributed by atoms with Crippen LogP contribution in [0.25, 0.3) is 21.5 Å². The number of nitrogens with zero attached hydrogens (tertiary/aromatic N) is 1. The van der Waals surface area contributed by atoms with E-state index in [0.717, 1.165) is 26.2 Å². The van der Waals surface area contributed by atoms with Crippen molar-refractivity contribution >= 4 is 32.9 Å². The monoisotopic (exact) mass is 369 g/mol. The summed E-state index contributed by atoms with van der Waals surface area (Å²) in [4.78, 5) is 2.33. The maximum Gasteiger partial charge on any atom is 0.0443 e. The van der Waals surface area contributed by atoms with Gasteiger partial charge in [-0.05, 0) is 22.9 Å². The number of anilines is 2. The minimum atomic E-state index is 0.909. The van der Waals surface area contributed by atoms with Crippen LogP contribution in [0.4, 0.5) is 11.4 Å². The summed E-state index contributed by atoms with van der Waals surface area (Å²) >= 11 is 0. The molecule has 0 amide bonds. The fourth-order valence-corrected chi connectivity index (χ4v) is 3.70. The van der Waals surface area contributed by atoms with Gasteiger partial charge in [0.05, 0.1) is 0 Å². The molecule has 3 heteroatoms. The Morgan fingerprint density at radius 2 is 1.29 bits per heavy atom. The fourth-order valence-electron chi connectivity index (χ4n) is 3.70. The molecule has 0 aliphatic heterocycles. The second kappa shape index (κ2) is 8.77. The van der Waals surface area contributed by atoms with Crippen molar-refractivity contribution in [3.05, 3.63) is 84.9 Å². The van der Waals surface area contributed by atoms with Gasteiger partial charge in [-0.1, -0.05) is 72.8 Å². The van der Waals surface area contributed by atoms with E-state index >= 15 is 0 Å². The van der Waals surface area contributed by atoms with E-state index in [1.54, 1.807) is 0 Å². The van der Waals surface area contributed by atoms with Gasteiger partial charge in [0, 0.05) is 55.4 Å². The van der Waals surface area contributed by atoms with Gasteiger partial charge in [-0.25, -0.2) is 0 Å². The van der Waals surface area contributed by atoms with E-state index in [1.165, 1.54) is 32.9 Å². The molecule has 0 aliphatic rings. The molecule has 28 heavy (non-hydrogen) atoms. The Kier molecular flexibility index (Phi) is 5.74. The van der Waals surface area contributed by atoms with Gasteiger partial charge >= 0.3 is 0 Å². The van der Waals surface area contributed by atoms with Gasteiger partial charge in [-0.15, -0.1) is 0 Å². The lowest BCUT2D eigenvalue weighted by Crippen LogP contribution is -2.31. The number of likely N-dealkylation sites (N-methyl/N-ethyl adjacent to an activating group) is 1. The molecule has 0 saturated heterocycles. The first-order valence-electron chi connectivity index (χ1n) is 9.94. The number of rotatable bonds is 8. The highest BCUT2D eigenvalue weighted by atomic mass is 15.1. The third-order valence-electron chi connectivity index (χ3n) is 5.21. The molecule has 3 nitrogen and oxygen atoms in total. The van der Waals surface area contributed by atoms with Crippen LogP contribution in [0.1, 0.15) is 0 Å². The van der Waals surface area contributed by atoms with Crippen LogP contribution in [0.15, 0.2) is 84.9 Å². The van der Waals surface area contributed by atoms with Gasteiger partial charge in [-0.3, -0.25) is 0 Å². The molecule has 0 aromatic heterocycles. The van der Waals surface area contributed by atoms with E-state index in [2.05, 4.69) is 108 Å². The van der Waals surface area contributed by atoms with Crippen molar-refractivity contribution in [3.8, 4) is 0 Å².